The van der Waals surface area contributed by atoms with E-state index in [4.69, 9.17) is 0 Å². The molecule has 0 unspecified atom stereocenters. The highest BCUT2D eigenvalue weighted by Gasteiger charge is 2.15. The van der Waals surface area contributed by atoms with Gasteiger partial charge in [-0.15, -0.1) is 0 Å². The number of carbonyl (C=O) groups is 1. The number of hydrogen-bond donors (Lipinski definition) is 1. The lowest BCUT2D eigenvalue weighted by molar-refractivity contribution is 0.112. The third kappa shape index (κ3) is 1.58. The summed E-state index contributed by atoms with van der Waals surface area (Å²) in [5.74, 6) is 0.205. The lowest BCUT2D eigenvalue weighted by atomic mass is 10.2. The van der Waals surface area contributed by atoms with Crippen LogP contribution in [0.5, 0.6) is 5.75 Å². The smallest absolute Gasteiger partial charge is 0.150 e. The Bertz CT molecular complexity index is 343. The van der Waals surface area contributed by atoms with Gasteiger partial charge in [0.1, 0.15) is 12.0 Å². The van der Waals surface area contributed by atoms with Crippen LogP contribution in [0.25, 0.3) is 0 Å². The highest BCUT2D eigenvalue weighted by atomic mass is 16.3. The van der Waals surface area contributed by atoms with E-state index in [1.807, 2.05) is 6.07 Å². The summed E-state index contributed by atoms with van der Waals surface area (Å²) in [4.78, 5) is 12.6. The zero-order valence-corrected chi connectivity index (χ0v) is 7.94. The molecule has 1 saturated heterocycles. The Labute approximate surface area is 83.0 Å². The van der Waals surface area contributed by atoms with Crippen LogP contribution < -0.4 is 4.90 Å². The molecule has 0 aromatic heterocycles. The minimum Gasteiger partial charge on any atom is -0.506 e. The summed E-state index contributed by atoms with van der Waals surface area (Å²) >= 11 is 0. The molecule has 74 valence electrons. The van der Waals surface area contributed by atoms with E-state index in [2.05, 4.69) is 4.90 Å². The van der Waals surface area contributed by atoms with Gasteiger partial charge in [0.05, 0.1) is 5.69 Å². The average Bonchev–Trinajstić information content (AvgIpc) is 2.70. The summed E-state index contributed by atoms with van der Waals surface area (Å²) in [7, 11) is 0. The molecule has 0 spiro atoms. The minimum absolute atomic E-state index is 0.205. The van der Waals surface area contributed by atoms with Crippen molar-refractivity contribution in [2.45, 2.75) is 12.8 Å². The molecule has 2 rings (SSSR count). The van der Waals surface area contributed by atoms with E-state index < -0.39 is 0 Å². The van der Waals surface area contributed by atoms with Gasteiger partial charge in [0, 0.05) is 18.7 Å². The number of anilines is 1. The van der Waals surface area contributed by atoms with E-state index in [0.717, 1.165) is 25.1 Å². The SMILES string of the molecule is O=Cc1ccc(N2CCCC2)c(O)c1. The molecule has 0 amide bonds. The fourth-order valence-corrected chi connectivity index (χ4v) is 1.84. The van der Waals surface area contributed by atoms with Crippen molar-refractivity contribution in [1.82, 2.24) is 0 Å². The fraction of sp³-hybridized carbons (Fsp3) is 0.364. The Morgan fingerprint density at radius 3 is 2.57 bits per heavy atom. The molecule has 14 heavy (non-hydrogen) atoms. The standard InChI is InChI=1S/C11H13NO2/c13-8-9-3-4-10(11(14)7-9)12-5-1-2-6-12/h3-4,7-8,14H,1-2,5-6H2. The summed E-state index contributed by atoms with van der Waals surface area (Å²) in [6.45, 7) is 1.99. The molecule has 3 heteroatoms. The first-order valence-corrected chi connectivity index (χ1v) is 4.84. The predicted molar refractivity (Wildman–Crippen MR) is 54.9 cm³/mol. The molecule has 1 aromatic carbocycles. The van der Waals surface area contributed by atoms with Crippen LogP contribution >= 0.6 is 0 Å². The molecule has 1 fully saturated rings. The monoisotopic (exact) mass is 191 g/mol. The van der Waals surface area contributed by atoms with Crippen molar-refractivity contribution in [2.75, 3.05) is 18.0 Å². The molecule has 0 radical (unpaired) electrons. The van der Waals surface area contributed by atoms with Crippen LogP contribution in [0, 0.1) is 0 Å². The predicted octanol–water partition coefficient (Wildman–Crippen LogP) is 1.80. The summed E-state index contributed by atoms with van der Waals surface area (Å²) < 4.78 is 0. The molecule has 0 bridgehead atoms. The number of nitrogens with zero attached hydrogens (tertiary/aromatic N) is 1. The Kier molecular flexibility index (Phi) is 2.39. The van der Waals surface area contributed by atoms with Gasteiger partial charge < -0.3 is 10.0 Å². The van der Waals surface area contributed by atoms with Crippen molar-refractivity contribution in [3.8, 4) is 5.75 Å². The average molecular weight is 191 g/mol. The zero-order chi connectivity index (χ0) is 9.97. The highest BCUT2D eigenvalue weighted by molar-refractivity contribution is 5.78. The normalized spacial score (nSPS) is 15.9. The second-order valence-corrected chi connectivity index (χ2v) is 3.56. The lowest BCUT2D eigenvalue weighted by Gasteiger charge is -2.18. The van der Waals surface area contributed by atoms with Gasteiger partial charge >= 0.3 is 0 Å². The van der Waals surface area contributed by atoms with Crippen LogP contribution in [0.2, 0.25) is 0 Å². The van der Waals surface area contributed by atoms with Gasteiger partial charge in [-0.2, -0.15) is 0 Å². The fourth-order valence-electron chi connectivity index (χ4n) is 1.84. The number of hydrogen-bond acceptors (Lipinski definition) is 3. The van der Waals surface area contributed by atoms with Gasteiger partial charge in [-0.1, -0.05) is 0 Å². The molecule has 1 N–H and O–H groups in total. The number of aromatic hydroxyl groups is 1. The van der Waals surface area contributed by atoms with E-state index >= 15 is 0 Å². The number of phenolic OH excluding ortho intramolecular Hbond substituents is 1. The molecule has 0 aliphatic carbocycles. The van der Waals surface area contributed by atoms with E-state index in [1.165, 1.54) is 18.9 Å². The van der Waals surface area contributed by atoms with E-state index in [0.29, 0.717) is 5.56 Å². The van der Waals surface area contributed by atoms with Crippen LogP contribution in [0.3, 0.4) is 0 Å². The Morgan fingerprint density at radius 1 is 1.29 bits per heavy atom. The van der Waals surface area contributed by atoms with Gasteiger partial charge in [0.2, 0.25) is 0 Å². The topological polar surface area (TPSA) is 40.5 Å². The van der Waals surface area contributed by atoms with Gasteiger partial charge in [-0.3, -0.25) is 4.79 Å². The van der Waals surface area contributed by atoms with Crippen molar-refractivity contribution in [1.29, 1.82) is 0 Å². The van der Waals surface area contributed by atoms with Gasteiger partial charge in [-0.05, 0) is 31.0 Å². The zero-order valence-electron chi connectivity index (χ0n) is 7.94. The van der Waals surface area contributed by atoms with Gasteiger partial charge in [0.15, 0.2) is 0 Å². The summed E-state index contributed by atoms with van der Waals surface area (Å²) in [6, 6.07) is 5.06. The molecule has 1 aromatic rings. The van der Waals surface area contributed by atoms with E-state index in [1.54, 1.807) is 6.07 Å². The molecule has 1 aliphatic heterocycles. The number of rotatable bonds is 2. The number of aldehydes is 1. The molecule has 1 aliphatic rings. The third-order valence-electron chi connectivity index (χ3n) is 2.58. The Hall–Kier alpha value is -1.51. The molecular weight excluding hydrogens is 178 g/mol. The van der Waals surface area contributed by atoms with E-state index in [-0.39, 0.29) is 5.75 Å². The van der Waals surface area contributed by atoms with Crippen molar-refractivity contribution in [3.05, 3.63) is 23.8 Å². The van der Waals surface area contributed by atoms with E-state index in [9.17, 15) is 9.90 Å². The molecule has 0 atom stereocenters. The molecule has 0 saturated carbocycles. The first kappa shape index (κ1) is 9.06. The molecular formula is C11H13NO2. The van der Waals surface area contributed by atoms with Crippen molar-refractivity contribution in [3.63, 3.8) is 0 Å². The summed E-state index contributed by atoms with van der Waals surface area (Å²) in [5, 5.41) is 9.68. The quantitative estimate of drug-likeness (QED) is 0.725. The number of carbonyl (C=O) groups excluding carboxylic acids is 1. The van der Waals surface area contributed by atoms with Gasteiger partial charge in [-0.25, -0.2) is 0 Å². The summed E-state index contributed by atoms with van der Waals surface area (Å²) in [5.41, 5.74) is 1.36. The lowest BCUT2D eigenvalue weighted by Crippen LogP contribution is -2.17. The van der Waals surface area contributed by atoms with Crippen molar-refractivity contribution < 1.29 is 9.90 Å². The second-order valence-electron chi connectivity index (χ2n) is 3.56. The maximum Gasteiger partial charge on any atom is 0.150 e. The Balaban J connectivity index is 2.29. The first-order valence-electron chi connectivity index (χ1n) is 4.84. The molecule has 3 nitrogen and oxygen atoms in total. The largest absolute Gasteiger partial charge is 0.506 e. The third-order valence-corrected chi connectivity index (χ3v) is 2.58. The number of benzene rings is 1. The molecule has 1 heterocycles. The minimum atomic E-state index is 0.205. The second kappa shape index (κ2) is 3.70. The maximum absolute atomic E-state index is 10.5. The summed E-state index contributed by atoms with van der Waals surface area (Å²) in [6.07, 6.45) is 3.09. The van der Waals surface area contributed by atoms with Crippen molar-refractivity contribution in [2.24, 2.45) is 0 Å². The Morgan fingerprint density at radius 2 is 2.00 bits per heavy atom. The van der Waals surface area contributed by atoms with Crippen LogP contribution in [0.1, 0.15) is 23.2 Å². The first-order chi connectivity index (χ1) is 6.81. The van der Waals surface area contributed by atoms with Crippen LogP contribution in [-0.2, 0) is 0 Å². The van der Waals surface area contributed by atoms with Crippen LogP contribution in [0.4, 0.5) is 5.69 Å². The van der Waals surface area contributed by atoms with Crippen molar-refractivity contribution >= 4 is 12.0 Å². The van der Waals surface area contributed by atoms with Crippen LogP contribution in [0.15, 0.2) is 18.2 Å². The highest BCUT2D eigenvalue weighted by Crippen LogP contribution is 2.30. The van der Waals surface area contributed by atoms with Gasteiger partial charge in [0.25, 0.3) is 0 Å². The number of phenols is 1. The maximum atomic E-state index is 10.5. The van der Waals surface area contributed by atoms with Crippen LogP contribution in [-0.4, -0.2) is 24.5 Å².